The minimum absolute atomic E-state index is 0. The molecule has 27 heavy (non-hydrogen) atoms. The van der Waals surface area contributed by atoms with Crippen molar-refractivity contribution in [3.8, 4) is 17.2 Å². The highest BCUT2D eigenvalue weighted by molar-refractivity contribution is 14.0. The summed E-state index contributed by atoms with van der Waals surface area (Å²) in [5.74, 6) is 3.99. The Morgan fingerprint density at radius 2 is 1.85 bits per heavy atom. The molecule has 6 nitrogen and oxygen atoms in total. The average molecular weight is 491 g/mol. The first kappa shape index (κ1) is 23.7. The van der Waals surface area contributed by atoms with Gasteiger partial charge in [0.15, 0.2) is 5.96 Å². The van der Waals surface area contributed by atoms with E-state index in [4.69, 9.17) is 19.2 Å². The van der Waals surface area contributed by atoms with Gasteiger partial charge in [0.1, 0.15) is 17.2 Å². The summed E-state index contributed by atoms with van der Waals surface area (Å²) in [4.78, 5) is 7.22. The molecule has 0 spiro atoms. The fraction of sp³-hybridized carbons (Fsp3) is 0.650. The molecular weight excluding hydrogens is 457 g/mol. The highest BCUT2D eigenvalue weighted by atomic mass is 127. The van der Waals surface area contributed by atoms with Crippen LogP contribution < -0.4 is 19.5 Å². The molecule has 1 atom stereocenters. The maximum absolute atomic E-state index is 5.53. The molecule has 154 valence electrons. The van der Waals surface area contributed by atoms with Crippen molar-refractivity contribution >= 4 is 29.9 Å². The quantitative estimate of drug-likeness (QED) is 0.359. The first-order chi connectivity index (χ1) is 12.6. The monoisotopic (exact) mass is 491 g/mol. The fourth-order valence-electron chi connectivity index (χ4n) is 3.41. The van der Waals surface area contributed by atoms with Crippen molar-refractivity contribution < 1.29 is 14.2 Å². The number of benzene rings is 1. The van der Waals surface area contributed by atoms with Crippen LogP contribution in [0.25, 0.3) is 0 Å². The van der Waals surface area contributed by atoms with E-state index in [0.29, 0.717) is 6.54 Å². The first-order valence-corrected chi connectivity index (χ1v) is 9.45. The number of nitrogens with zero attached hydrogens (tertiary/aromatic N) is 2. The lowest BCUT2D eigenvalue weighted by Crippen LogP contribution is -2.46. The van der Waals surface area contributed by atoms with Crippen LogP contribution in [-0.2, 0) is 6.42 Å². The maximum atomic E-state index is 5.53. The fourth-order valence-corrected chi connectivity index (χ4v) is 3.41. The van der Waals surface area contributed by atoms with Gasteiger partial charge in [-0.1, -0.05) is 6.92 Å². The van der Waals surface area contributed by atoms with Gasteiger partial charge in [-0.15, -0.1) is 24.0 Å². The zero-order valence-electron chi connectivity index (χ0n) is 17.2. The number of nitrogens with one attached hydrogen (secondary N) is 1. The zero-order valence-corrected chi connectivity index (χ0v) is 19.5. The molecule has 1 aliphatic heterocycles. The molecule has 0 aliphatic carbocycles. The lowest BCUT2D eigenvalue weighted by atomic mass is 10.0. The van der Waals surface area contributed by atoms with E-state index in [1.165, 1.54) is 12.8 Å². The number of guanidine groups is 1. The Labute approximate surface area is 180 Å². The summed E-state index contributed by atoms with van der Waals surface area (Å²) in [5.41, 5.74) is 1.02. The number of ether oxygens (including phenoxy) is 3. The molecule has 1 aromatic rings. The van der Waals surface area contributed by atoms with E-state index in [2.05, 4.69) is 24.1 Å². The molecule has 1 heterocycles. The molecule has 1 N–H and O–H groups in total. The van der Waals surface area contributed by atoms with Crippen LogP contribution in [0.1, 0.15) is 32.3 Å². The summed E-state index contributed by atoms with van der Waals surface area (Å²) in [6.45, 7) is 8.11. The molecule has 0 aromatic heterocycles. The number of halogens is 1. The van der Waals surface area contributed by atoms with Crippen molar-refractivity contribution in [2.24, 2.45) is 10.9 Å². The van der Waals surface area contributed by atoms with Crippen LogP contribution in [0.3, 0.4) is 0 Å². The van der Waals surface area contributed by atoms with E-state index in [-0.39, 0.29) is 24.0 Å². The SMILES string of the molecule is CCNC(=NCCc1c(OC)cc(OC)cc1OC)N1CCCC(C)C1.I. The summed E-state index contributed by atoms with van der Waals surface area (Å²) in [5, 5.41) is 3.43. The lowest BCUT2D eigenvalue weighted by Gasteiger charge is -2.33. The Morgan fingerprint density at radius 3 is 2.37 bits per heavy atom. The van der Waals surface area contributed by atoms with Crippen molar-refractivity contribution in [3.63, 3.8) is 0 Å². The number of aliphatic imine (C=N–C) groups is 1. The second-order valence-electron chi connectivity index (χ2n) is 6.69. The van der Waals surface area contributed by atoms with Crippen molar-refractivity contribution in [2.75, 3.05) is 47.5 Å². The summed E-state index contributed by atoms with van der Waals surface area (Å²) in [6.07, 6.45) is 3.27. The summed E-state index contributed by atoms with van der Waals surface area (Å²) >= 11 is 0. The van der Waals surface area contributed by atoms with Gasteiger partial charge in [-0.3, -0.25) is 4.99 Å². The Bertz CT molecular complexity index is 585. The van der Waals surface area contributed by atoms with E-state index in [0.717, 1.165) is 60.7 Å². The van der Waals surface area contributed by atoms with Crippen LogP contribution in [0.15, 0.2) is 17.1 Å². The second kappa shape index (κ2) is 12.2. The maximum Gasteiger partial charge on any atom is 0.193 e. The Kier molecular flexibility index (Phi) is 10.6. The molecule has 1 unspecified atom stereocenters. The minimum atomic E-state index is 0. The molecule has 1 fully saturated rings. The third-order valence-corrected chi connectivity index (χ3v) is 4.73. The molecular formula is C20H34IN3O3. The first-order valence-electron chi connectivity index (χ1n) is 9.45. The smallest absolute Gasteiger partial charge is 0.193 e. The number of piperidine rings is 1. The van der Waals surface area contributed by atoms with Crippen LogP contribution in [0.2, 0.25) is 0 Å². The summed E-state index contributed by atoms with van der Waals surface area (Å²) < 4.78 is 16.4. The Balaban J connectivity index is 0.00000364. The van der Waals surface area contributed by atoms with Crippen molar-refractivity contribution in [3.05, 3.63) is 17.7 Å². The molecule has 2 rings (SSSR count). The zero-order chi connectivity index (χ0) is 18.9. The molecule has 0 amide bonds. The minimum Gasteiger partial charge on any atom is -0.496 e. The topological polar surface area (TPSA) is 55.3 Å². The summed E-state index contributed by atoms with van der Waals surface area (Å²) in [7, 11) is 4.97. The van der Waals surface area contributed by atoms with E-state index in [1.54, 1.807) is 21.3 Å². The standard InChI is InChI=1S/C20H33N3O3.HI/c1-6-21-20(23-11-7-8-15(2)14-23)22-10-9-17-18(25-4)12-16(24-3)13-19(17)26-5;/h12-13,15H,6-11,14H2,1-5H3,(H,21,22);1H. The predicted octanol–water partition coefficient (Wildman–Crippen LogP) is 3.57. The van der Waals surface area contributed by atoms with Gasteiger partial charge in [0, 0.05) is 43.9 Å². The Hall–Kier alpha value is -1.38. The van der Waals surface area contributed by atoms with Crippen molar-refractivity contribution in [1.29, 1.82) is 0 Å². The van der Waals surface area contributed by atoms with Crippen LogP contribution >= 0.6 is 24.0 Å². The summed E-state index contributed by atoms with van der Waals surface area (Å²) in [6, 6.07) is 3.78. The van der Waals surface area contributed by atoms with Gasteiger partial charge in [-0.05, 0) is 32.1 Å². The van der Waals surface area contributed by atoms with E-state index >= 15 is 0 Å². The number of hydrogen-bond acceptors (Lipinski definition) is 4. The third-order valence-electron chi connectivity index (χ3n) is 4.73. The highest BCUT2D eigenvalue weighted by Crippen LogP contribution is 2.34. The molecule has 0 bridgehead atoms. The molecule has 7 heteroatoms. The van der Waals surface area contributed by atoms with Crippen LogP contribution in [0, 0.1) is 5.92 Å². The van der Waals surface area contributed by atoms with Crippen LogP contribution in [0.4, 0.5) is 0 Å². The number of rotatable bonds is 7. The largest absolute Gasteiger partial charge is 0.496 e. The Morgan fingerprint density at radius 1 is 1.19 bits per heavy atom. The van der Waals surface area contributed by atoms with Gasteiger partial charge in [0.2, 0.25) is 0 Å². The van der Waals surface area contributed by atoms with Gasteiger partial charge >= 0.3 is 0 Å². The second-order valence-corrected chi connectivity index (χ2v) is 6.69. The van der Waals surface area contributed by atoms with Gasteiger partial charge in [-0.25, -0.2) is 0 Å². The van der Waals surface area contributed by atoms with Gasteiger partial charge in [-0.2, -0.15) is 0 Å². The third kappa shape index (κ3) is 6.62. The molecule has 1 aromatic carbocycles. The van der Waals surface area contributed by atoms with E-state index in [1.807, 2.05) is 12.1 Å². The lowest BCUT2D eigenvalue weighted by molar-refractivity contribution is 0.266. The molecule has 1 saturated heterocycles. The van der Waals surface area contributed by atoms with E-state index in [9.17, 15) is 0 Å². The molecule has 0 saturated carbocycles. The normalized spacial score (nSPS) is 17.1. The highest BCUT2D eigenvalue weighted by Gasteiger charge is 2.19. The van der Waals surface area contributed by atoms with Crippen molar-refractivity contribution in [2.45, 2.75) is 33.1 Å². The van der Waals surface area contributed by atoms with Crippen LogP contribution in [-0.4, -0.2) is 58.4 Å². The number of likely N-dealkylation sites (tertiary alicyclic amines) is 1. The van der Waals surface area contributed by atoms with Gasteiger partial charge < -0.3 is 24.4 Å². The van der Waals surface area contributed by atoms with Crippen molar-refractivity contribution in [1.82, 2.24) is 10.2 Å². The molecule has 1 aliphatic rings. The number of hydrogen-bond donors (Lipinski definition) is 1. The van der Waals surface area contributed by atoms with Crippen LogP contribution in [0.5, 0.6) is 17.2 Å². The average Bonchev–Trinajstić information content (AvgIpc) is 2.66. The van der Waals surface area contributed by atoms with Gasteiger partial charge in [0.05, 0.1) is 21.3 Å². The molecule has 0 radical (unpaired) electrons. The van der Waals surface area contributed by atoms with E-state index < -0.39 is 0 Å². The number of methoxy groups -OCH3 is 3. The predicted molar refractivity (Wildman–Crippen MR) is 121 cm³/mol. The van der Waals surface area contributed by atoms with Gasteiger partial charge in [0.25, 0.3) is 0 Å².